The molecule has 0 spiro atoms. The van der Waals surface area contributed by atoms with E-state index in [2.05, 4.69) is 6.92 Å². The summed E-state index contributed by atoms with van der Waals surface area (Å²) in [5, 5.41) is 0. The van der Waals surface area contributed by atoms with Crippen LogP contribution in [0.1, 0.15) is 84.0 Å². The van der Waals surface area contributed by atoms with Gasteiger partial charge in [0.05, 0.1) is 0 Å². The van der Waals surface area contributed by atoms with E-state index in [-0.39, 0.29) is 29.6 Å². The van der Waals surface area contributed by atoms with Crippen LogP contribution in [0.5, 0.6) is 0 Å². The fourth-order valence-corrected chi connectivity index (χ4v) is 2.59. The Hall–Kier alpha value is 1.87. The predicted molar refractivity (Wildman–Crippen MR) is 93.0 cm³/mol. The molecule has 4 nitrogen and oxygen atoms in total. The third kappa shape index (κ3) is 44.9. The quantitative estimate of drug-likeness (QED) is 0.320. The van der Waals surface area contributed by atoms with Crippen LogP contribution < -0.4 is 0 Å². The molecular weight excluding hydrogens is 310 g/mol. The predicted octanol–water partition coefficient (Wildman–Crippen LogP) is 3.97. The van der Waals surface area contributed by atoms with E-state index in [1.165, 1.54) is 109 Å². The summed E-state index contributed by atoms with van der Waals surface area (Å²) < 4.78 is 33.1. The molecule has 0 rings (SSSR count). The number of hydrogen-bond acceptors (Lipinski definition) is 2. The first-order valence-electron chi connectivity index (χ1n) is 8.11. The Morgan fingerprint density at radius 1 is 0.714 bits per heavy atom. The van der Waals surface area contributed by atoms with Gasteiger partial charge in [-0.25, -0.2) is 0 Å². The molecule has 0 aliphatic rings. The van der Waals surface area contributed by atoms with Crippen LogP contribution in [0, 0.1) is 0 Å². The van der Waals surface area contributed by atoms with Gasteiger partial charge in [-0.15, -0.1) is 0 Å². The topological polar surface area (TPSA) is 74.6 Å². The molecule has 2 N–H and O–H groups in total. The number of rotatable bonds is 12. The minimum atomic E-state index is -4.67. The molecule has 0 bridgehead atoms. The first kappa shape index (κ1) is 27.7. The maximum atomic E-state index is 8.74. The first-order chi connectivity index (χ1) is 9.41. The van der Waals surface area contributed by atoms with Crippen molar-refractivity contribution in [2.24, 2.45) is 0 Å². The van der Waals surface area contributed by atoms with Gasteiger partial charge in [-0.3, -0.25) is 9.11 Å². The summed E-state index contributed by atoms with van der Waals surface area (Å²) in [6, 6.07) is 0. The van der Waals surface area contributed by atoms with Gasteiger partial charge >= 0.3 is 142 Å². The van der Waals surface area contributed by atoms with Crippen LogP contribution in [0.3, 0.4) is 0 Å². The molecule has 7 heteroatoms. The first-order valence-corrected chi connectivity index (χ1v) is 10.9. The van der Waals surface area contributed by atoms with E-state index >= 15 is 0 Å². The van der Waals surface area contributed by atoms with Gasteiger partial charge in [-0.1, -0.05) is 13.3 Å². The summed E-state index contributed by atoms with van der Waals surface area (Å²) in [6.07, 6.45) is 17.7. The van der Waals surface area contributed by atoms with Crippen molar-refractivity contribution in [2.45, 2.75) is 87.6 Å². The van der Waals surface area contributed by atoms with Gasteiger partial charge in [0, 0.05) is 0 Å². The molecule has 0 saturated carbocycles. The zero-order valence-corrected chi connectivity index (χ0v) is 16.1. The molecule has 120 valence electrons. The van der Waals surface area contributed by atoms with E-state index in [9.17, 15) is 0 Å². The van der Waals surface area contributed by atoms with Crippen LogP contribution in [-0.2, 0) is 10.4 Å². The molecule has 21 heavy (non-hydrogen) atoms. The SMILES string of the molecule is CCCCCCCCCCCCC[CH2][Na].O=S(=O)(O)O.[NaH]. The number of unbranched alkanes of at least 4 members (excludes halogenated alkanes) is 11. The van der Waals surface area contributed by atoms with Crippen molar-refractivity contribution >= 4 is 67.9 Å². The Bertz CT molecular complexity index is 252. The summed E-state index contributed by atoms with van der Waals surface area (Å²) in [7, 11) is -4.67. The Labute approximate surface area is 171 Å². The molecule has 0 amide bonds. The van der Waals surface area contributed by atoms with E-state index in [1.807, 2.05) is 0 Å². The molecule has 0 aliphatic carbocycles. The molecule has 0 unspecified atom stereocenters. The zero-order valence-electron chi connectivity index (χ0n) is 13.3. The third-order valence-electron chi connectivity index (χ3n) is 3.21. The monoisotopic (exact) mass is 342 g/mol. The van der Waals surface area contributed by atoms with Gasteiger partial charge in [0.25, 0.3) is 0 Å². The maximum absolute atomic E-state index is 8.74. The molecule has 0 heterocycles. The average molecular weight is 342 g/mol. The van der Waals surface area contributed by atoms with Crippen molar-refractivity contribution in [2.75, 3.05) is 0 Å². The standard InChI is InChI=1S/C14H29.2Na.H2O4S.H/c1-3-5-7-9-11-13-14-12-10-8-6-4-2;;;1-5(2,3)4;/h1,3-14H2,2H3;;;(H2,1,2,3,4);. The van der Waals surface area contributed by atoms with Gasteiger partial charge in [-0.05, 0) is 0 Å². The van der Waals surface area contributed by atoms with Crippen molar-refractivity contribution < 1.29 is 17.5 Å². The van der Waals surface area contributed by atoms with Gasteiger partial charge in [0.1, 0.15) is 0 Å². The summed E-state index contributed by atoms with van der Waals surface area (Å²) in [4.78, 5) is 0. The van der Waals surface area contributed by atoms with E-state index in [0.29, 0.717) is 0 Å². The zero-order chi connectivity index (χ0) is 15.7. The van der Waals surface area contributed by atoms with Crippen molar-refractivity contribution in [1.29, 1.82) is 0 Å². The molecular formula is C14H32Na2O4S. The Morgan fingerprint density at radius 3 is 1.19 bits per heavy atom. The molecule has 0 aliphatic heterocycles. The van der Waals surface area contributed by atoms with Gasteiger partial charge in [0.2, 0.25) is 0 Å². The Balaban J connectivity index is -0.000000465. The molecule has 0 saturated heterocycles. The molecule has 0 aromatic rings. The summed E-state index contributed by atoms with van der Waals surface area (Å²) in [6.45, 7) is 2.29. The Morgan fingerprint density at radius 2 is 0.952 bits per heavy atom. The van der Waals surface area contributed by atoms with E-state index < -0.39 is 10.4 Å². The van der Waals surface area contributed by atoms with Crippen LogP contribution in [0.4, 0.5) is 0 Å². The van der Waals surface area contributed by atoms with Gasteiger partial charge in [0.15, 0.2) is 0 Å². The summed E-state index contributed by atoms with van der Waals surface area (Å²) in [5.74, 6) is 0. The van der Waals surface area contributed by atoms with Crippen molar-refractivity contribution in [1.82, 2.24) is 0 Å². The fourth-order valence-electron chi connectivity index (χ4n) is 2.09. The van der Waals surface area contributed by atoms with Crippen molar-refractivity contribution in [3.8, 4) is 0 Å². The normalized spacial score (nSPS) is 10.5. The van der Waals surface area contributed by atoms with Crippen LogP contribution in [0.15, 0.2) is 0 Å². The molecule has 0 aromatic heterocycles. The minimum absolute atomic E-state index is 0. The van der Waals surface area contributed by atoms with Crippen LogP contribution in [0.25, 0.3) is 0 Å². The third-order valence-corrected chi connectivity index (χ3v) is 3.91. The summed E-state index contributed by atoms with van der Waals surface area (Å²) in [5.41, 5.74) is 0. The second-order valence-corrected chi connectivity index (χ2v) is 7.23. The van der Waals surface area contributed by atoms with Crippen LogP contribution >= 0.6 is 0 Å². The number of hydrogen-bond donors (Lipinski definition) is 2. The average Bonchev–Trinajstić information content (AvgIpc) is 2.34. The van der Waals surface area contributed by atoms with Crippen molar-refractivity contribution in [3.63, 3.8) is 0 Å². The van der Waals surface area contributed by atoms with Gasteiger partial charge < -0.3 is 0 Å². The summed E-state index contributed by atoms with van der Waals surface area (Å²) >= 11 is 1.41. The van der Waals surface area contributed by atoms with Crippen LogP contribution in [0.2, 0.25) is 3.67 Å². The van der Waals surface area contributed by atoms with Gasteiger partial charge in [-0.2, -0.15) is 8.42 Å². The van der Waals surface area contributed by atoms with Crippen LogP contribution in [-0.4, -0.2) is 75.0 Å². The van der Waals surface area contributed by atoms with E-state index in [0.717, 1.165) is 0 Å². The second kappa shape index (κ2) is 21.9. The molecule has 0 fully saturated rings. The molecule has 0 atom stereocenters. The Kier molecular flexibility index (Phi) is 28.9. The van der Waals surface area contributed by atoms with Crippen molar-refractivity contribution in [3.05, 3.63) is 0 Å². The fraction of sp³-hybridized carbons (Fsp3) is 1.00. The molecule has 0 aromatic carbocycles. The second-order valence-electron chi connectivity index (χ2n) is 5.34. The van der Waals surface area contributed by atoms with E-state index in [4.69, 9.17) is 17.5 Å². The molecule has 0 radical (unpaired) electrons. The van der Waals surface area contributed by atoms with E-state index in [1.54, 1.807) is 0 Å².